The fourth-order valence-electron chi connectivity index (χ4n) is 2.68. The standard InChI is InChI=1S/C16H14O5S.Na.H/c1-20-15-11-5-3-4-6-12(11)16(21-2)14-9-10(22(17,18)19)7-8-13(14)15;;/h3-9H,1-2H3,(H,17,18,19);;. The van der Waals surface area contributed by atoms with Crippen molar-refractivity contribution in [3.63, 3.8) is 0 Å². The van der Waals surface area contributed by atoms with Crippen molar-refractivity contribution in [2.24, 2.45) is 0 Å². The van der Waals surface area contributed by atoms with Gasteiger partial charge in [0.25, 0.3) is 10.1 Å². The van der Waals surface area contributed by atoms with Gasteiger partial charge in [-0.3, -0.25) is 4.55 Å². The fourth-order valence-corrected chi connectivity index (χ4v) is 3.19. The number of ether oxygens (including phenoxy) is 2. The molecule has 3 aromatic rings. The van der Waals surface area contributed by atoms with Crippen molar-refractivity contribution in [3.8, 4) is 11.5 Å². The van der Waals surface area contributed by atoms with E-state index in [1.54, 1.807) is 13.2 Å². The van der Waals surface area contributed by atoms with Crippen molar-refractivity contribution in [1.29, 1.82) is 0 Å². The van der Waals surface area contributed by atoms with Gasteiger partial charge in [0.05, 0.1) is 19.1 Å². The van der Waals surface area contributed by atoms with Crippen LogP contribution in [-0.2, 0) is 10.1 Å². The molecule has 1 N–H and O–H groups in total. The fraction of sp³-hybridized carbons (Fsp3) is 0.125. The Morgan fingerprint density at radius 1 is 0.826 bits per heavy atom. The van der Waals surface area contributed by atoms with Crippen molar-refractivity contribution in [1.82, 2.24) is 0 Å². The molecule has 0 aliphatic carbocycles. The number of hydrogen-bond donors (Lipinski definition) is 1. The molecule has 0 radical (unpaired) electrons. The van der Waals surface area contributed by atoms with E-state index in [9.17, 15) is 13.0 Å². The van der Waals surface area contributed by atoms with E-state index in [1.807, 2.05) is 24.3 Å². The summed E-state index contributed by atoms with van der Waals surface area (Å²) in [4.78, 5) is -0.185. The number of hydrogen-bond acceptors (Lipinski definition) is 4. The van der Waals surface area contributed by atoms with Crippen LogP contribution < -0.4 is 9.47 Å². The van der Waals surface area contributed by atoms with Crippen LogP contribution in [0.25, 0.3) is 21.5 Å². The Kier molecular flexibility index (Phi) is 5.23. The van der Waals surface area contributed by atoms with Gasteiger partial charge in [-0.05, 0) is 18.2 Å². The first-order valence-electron chi connectivity index (χ1n) is 6.51. The summed E-state index contributed by atoms with van der Waals surface area (Å²) in [6.07, 6.45) is 0. The van der Waals surface area contributed by atoms with E-state index in [2.05, 4.69) is 0 Å². The van der Waals surface area contributed by atoms with Crippen LogP contribution in [0.5, 0.6) is 11.5 Å². The maximum atomic E-state index is 11.4. The number of rotatable bonds is 3. The topological polar surface area (TPSA) is 72.8 Å². The van der Waals surface area contributed by atoms with Crippen molar-refractivity contribution in [3.05, 3.63) is 42.5 Å². The molecule has 0 bridgehead atoms. The first kappa shape index (κ1) is 18.0. The summed E-state index contributed by atoms with van der Waals surface area (Å²) in [6.45, 7) is 0. The molecular formula is C16H15NaO5S. The molecule has 0 spiro atoms. The van der Waals surface area contributed by atoms with E-state index >= 15 is 0 Å². The van der Waals surface area contributed by atoms with Crippen LogP contribution in [0.1, 0.15) is 0 Å². The van der Waals surface area contributed by atoms with Crippen molar-refractivity contribution in [2.75, 3.05) is 14.2 Å². The third-order valence-electron chi connectivity index (χ3n) is 3.60. The molecule has 116 valence electrons. The van der Waals surface area contributed by atoms with Gasteiger partial charge in [-0.2, -0.15) is 8.42 Å². The normalized spacial score (nSPS) is 11.3. The number of fused-ring (bicyclic) bond motifs is 2. The van der Waals surface area contributed by atoms with Gasteiger partial charge >= 0.3 is 29.6 Å². The summed E-state index contributed by atoms with van der Waals surface area (Å²) < 4.78 is 43.0. The molecule has 3 aromatic carbocycles. The van der Waals surface area contributed by atoms with Crippen molar-refractivity contribution in [2.45, 2.75) is 4.90 Å². The van der Waals surface area contributed by atoms with Gasteiger partial charge in [-0.1, -0.05) is 24.3 Å². The Balaban J connectivity index is 0.00000192. The van der Waals surface area contributed by atoms with Crippen molar-refractivity contribution < 1.29 is 22.4 Å². The summed E-state index contributed by atoms with van der Waals surface area (Å²) >= 11 is 0. The molecule has 7 heteroatoms. The zero-order valence-electron chi connectivity index (χ0n) is 12.0. The third-order valence-corrected chi connectivity index (χ3v) is 4.45. The zero-order chi connectivity index (χ0) is 15.9. The zero-order valence-corrected chi connectivity index (χ0v) is 12.8. The summed E-state index contributed by atoms with van der Waals surface area (Å²) in [6, 6.07) is 11.9. The average molecular weight is 342 g/mol. The minimum atomic E-state index is -4.29. The second-order valence-electron chi connectivity index (χ2n) is 4.79. The van der Waals surface area contributed by atoms with Gasteiger partial charge in [-0.25, -0.2) is 0 Å². The molecule has 5 nitrogen and oxygen atoms in total. The summed E-state index contributed by atoms with van der Waals surface area (Å²) in [7, 11) is -1.21. The first-order chi connectivity index (χ1) is 10.5. The average Bonchev–Trinajstić information content (AvgIpc) is 2.51. The van der Waals surface area contributed by atoms with Crippen LogP contribution in [0.2, 0.25) is 0 Å². The van der Waals surface area contributed by atoms with Crippen LogP contribution in [-0.4, -0.2) is 56.7 Å². The maximum absolute atomic E-state index is 11.4. The first-order valence-corrected chi connectivity index (χ1v) is 7.95. The molecule has 0 aliphatic rings. The molecule has 0 unspecified atom stereocenters. The van der Waals surface area contributed by atoms with Crippen LogP contribution in [0.3, 0.4) is 0 Å². The summed E-state index contributed by atoms with van der Waals surface area (Å²) in [5, 5.41) is 2.95. The molecule has 23 heavy (non-hydrogen) atoms. The van der Waals surface area contributed by atoms with E-state index < -0.39 is 10.1 Å². The van der Waals surface area contributed by atoms with Crippen molar-refractivity contribution >= 4 is 61.2 Å². The molecule has 0 saturated carbocycles. The minimum absolute atomic E-state index is 0. The summed E-state index contributed by atoms with van der Waals surface area (Å²) in [5.41, 5.74) is 0. The molecule has 0 aromatic heterocycles. The Morgan fingerprint density at radius 3 is 1.78 bits per heavy atom. The Bertz CT molecular complexity index is 983. The molecule has 0 aliphatic heterocycles. The van der Waals surface area contributed by atoms with Crippen LogP contribution in [0, 0.1) is 0 Å². The molecule has 3 rings (SSSR count). The second-order valence-corrected chi connectivity index (χ2v) is 6.22. The van der Waals surface area contributed by atoms with Crippen LogP contribution in [0.4, 0.5) is 0 Å². The van der Waals surface area contributed by atoms with Gasteiger partial charge in [0.2, 0.25) is 0 Å². The van der Waals surface area contributed by atoms with E-state index in [-0.39, 0.29) is 34.5 Å². The Morgan fingerprint density at radius 2 is 1.30 bits per heavy atom. The Labute approximate surface area is 156 Å². The van der Waals surface area contributed by atoms with Crippen LogP contribution >= 0.6 is 0 Å². The second kappa shape index (κ2) is 6.67. The van der Waals surface area contributed by atoms with Crippen LogP contribution in [0.15, 0.2) is 47.4 Å². The SMILES string of the molecule is COc1c2ccccc2c(OC)c2cc(S(=O)(=O)O)ccc12.[NaH]. The molecular weight excluding hydrogens is 327 g/mol. The quantitative estimate of drug-likeness (QED) is 0.450. The summed E-state index contributed by atoms with van der Waals surface area (Å²) in [5.74, 6) is 1.17. The van der Waals surface area contributed by atoms with Gasteiger partial charge in [0.15, 0.2) is 0 Å². The van der Waals surface area contributed by atoms with E-state index in [4.69, 9.17) is 9.47 Å². The number of benzene rings is 3. The predicted octanol–water partition coefficient (Wildman–Crippen LogP) is 2.61. The molecule has 0 amide bonds. The Hall–Kier alpha value is -1.31. The van der Waals surface area contributed by atoms with Gasteiger partial charge in [0.1, 0.15) is 11.5 Å². The molecule has 0 saturated heterocycles. The monoisotopic (exact) mass is 342 g/mol. The predicted molar refractivity (Wildman–Crippen MR) is 91.5 cm³/mol. The van der Waals surface area contributed by atoms with Gasteiger partial charge in [-0.15, -0.1) is 0 Å². The third kappa shape index (κ3) is 3.05. The van der Waals surface area contributed by atoms with E-state index in [1.165, 1.54) is 19.2 Å². The molecule has 0 atom stereocenters. The van der Waals surface area contributed by atoms with E-state index in [0.29, 0.717) is 22.3 Å². The molecule has 0 fully saturated rings. The molecule has 0 heterocycles. The number of methoxy groups -OCH3 is 2. The van der Waals surface area contributed by atoms with Gasteiger partial charge < -0.3 is 9.47 Å². The van der Waals surface area contributed by atoms with E-state index in [0.717, 1.165) is 10.8 Å². The van der Waals surface area contributed by atoms with Gasteiger partial charge in [0, 0.05) is 21.5 Å².